The number of likely N-dealkylation sites (tertiary alicyclic amines) is 1. The van der Waals surface area contributed by atoms with Gasteiger partial charge in [0, 0.05) is 5.92 Å². The van der Waals surface area contributed by atoms with Gasteiger partial charge in [-0.1, -0.05) is 0 Å². The first-order valence-corrected chi connectivity index (χ1v) is 5.74. The maximum absolute atomic E-state index is 5.85. The second kappa shape index (κ2) is 4.19. The van der Waals surface area contributed by atoms with Gasteiger partial charge in [0.1, 0.15) is 0 Å². The number of nitrogens with zero attached hydrogens (tertiary/aromatic N) is 1. The van der Waals surface area contributed by atoms with Gasteiger partial charge in [-0.05, 0) is 33.6 Å². The lowest BCUT2D eigenvalue weighted by Gasteiger charge is -2.38. The summed E-state index contributed by atoms with van der Waals surface area (Å²) in [7, 11) is 4.65. The zero-order chi connectivity index (χ0) is 10.8. The van der Waals surface area contributed by atoms with E-state index in [1.807, 2.05) is 0 Å². The van der Waals surface area contributed by atoms with Gasteiger partial charge in [0.15, 0.2) is 0 Å². The minimum atomic E-state index is 0.0224. The monoisotopic (exact) mass is 200 g/mol. The number of ether oxygens (including phenoxy) is 1. The summed E-state index contributed by atoms with van der Waals surface area (Å²) in [5, 5.41) is 0. The fourth-order valence-electron chi connectivity index (χ4n) is 2.19. The zero-order valence-electron chi connectivity index (χ0n) is 10.5. The van der Waals surface area contributed by atoms with Crippen LogP contribution >= 0.6 is 0 Å². The maximum Gasteiger partial charge on any atom is 0.0833 e. The predicted octanol–water partition coefficient (Wildman–Crippen LogP) is 2.29. The summed E-state index contributed by atoms with van der Waals surface area (Å²) in [6, 6.07) is 0. The molecular formula is C12H26NO+. The highest BCUT2D eigenvalue weighted by Crippen LogP contribution is 2.21. The molecule has 0 bridgehead atoms. The predicted molar refractivity (Wildman–Crippen MR) is 60.3 cm³/mol. The van der Waals surface area contributed by atoms with Gasteiger partial charge in [0.25, 0.3) is 0 Å². The van der Waals surface area contributed by atoms with Crippen molar-refractivity contribution in [3.05, 3.63) is 0 Å². The van der Waals surface area contributed by atoms with Crippen LogP contribution in [0.1, 0.15) is 33.6 Å². The fourth-order valence-corrected chi connectivity index (χ4v) is 2.19. The molecule has 1 aliphatic heterocycles. The lowest BCUT2D eigenvalue weighted by molar-refractivity contribution is -0.898. The Morgan fingerprint density at radius 3 is 2.43 bits per heavy atom. The molecule has 1 atom stereocenters. The summed E-state index contributed by atoms with van der Waals surface area (Å²) in [4.78, 5) is 0. The Labute approximate surface area is 88.8 Å². The molecule has 14 heavy (non-hydrogen) atoms. The highest BCUT2D eigenvalue weighted by Gasteiger charge is 2.28. The van der Waals surface area contributed by atoms with Crippen LogP contribution in [-0.2, 0) is 4.74 Å². The van der Waals surface area contributed by atoms with Crippen molar-refractivity contribution in [3.63, 3.8) is 0 Å². The third kappa shape index (κ3) is 4.43. The van der Waals surface area contributed by atoms with Crippen molar-refractivity contribution in [1.29, 1.82) is 0 Å². The average Bonchev–Trinajstić information content (AvgIpc) is 1.98. The van der Waals surface area contributed by atoms with E-state index in [2.05, 4.69) is 34.9 Å². The molecule has 0 N–H and O–H groups in total. The third-order valence-corrected chi connectivity index (χ3v) is 2.88. The molecule has 0 aromatic rings. The molecule has 0 spiro atoms. The molecule has 1 fully saturated rings. The van der Waals surface area contributed by atoms with Gasteiger partial charge in [-0.25, -0.2) is 0 Å². The largest absolute Gasteiger partial charge is 0.375 e. The molecule has 0 aromatic carbocycles. The molecule has 84 valence electrons. The second-order valence-corrected chi connectivity index (χ2v) is 6.27. The van der Waals surface area contributed by atoms with Gasteiger partial charge in [-0.15, -0.1) is 0 Å². The van der Waals surface area contributed by atoms with Gasteiger partial charge >= 0.3 is 0 Å². The Hall–Kier alpha value is -0.0800. The van der Waals surface area contributed by atoms with Crippen LogP contribution < -0.4 is 0 Å². The van der Waals surface area contributed by atoms with Gasteiger partial charge in [-0.3, -0.25) is 0 Å². The molecule has 2 nitrogen and oxygen atoms in total. The summed E-state index contributed by atoms with van der Waals surface area (Å²) in [6.45, 7) is 9.94. The molecule has 1 heterocycles. The van der Waals surface area contributed by atoms with Gasteiger partial charge in [0.2, 0.25) is 0 Å². The molecule has 0 amide bonds. The normalized spacial score (nSPS) is 27.6. The quantitative estimate of drug-likeness (QED) is 0.621. The van der Waals surface area contributed by atoms with E-state index in [0.29, 0.717) is 0 Å². The van der Waals surface area contributed by atoms with E-state index in [4.69, 9.17) is 4.74 Å². The zero-order valence-corrected chi connectivity index (χ0v) is 10.5. The van der Waals surface area contributed by atoms with Crippen molar-refractivity contribution in [3.8, 4) is 0 Å². The summed E-state index contributed by atoms with van der Waals surface area (Å²) >= 11 is 0. The van der Waals surface area contributed by atoms with Crippen LogP contribution in [-0.4, -0.2) is 43.9 Å². The van der Waals surface area contributed by atoms with Gasteiger partial charge in [0.05, 0.1) is 39.4 Å². The number of hydrogen-bond acceptors (Lipinski definition) is 1. The Morgan fingerprint density at radius 1 is 1.29 bits per heavy atom. The van der Waals surface area contributed by atoms with Crippen molar-refractivity contribution in [1.82, 2.24) is 0 Å². The van der Waals surface area contributed by atoms with Crippen molar-refractivity contribution < 1.29 is 9.22 Å². The van der Waals surface area contributed by atoms with Crippen LogP contribution in [0, 0.1) is 5.92 Å². The summed E-state index contributed by atoms with van der Waals surface area (Å²) in [5.41, 5.74) is 0.0224. The van der Waals surface area contributed by atoms with Crippen molar-refractivity contribution >= 4 is 0 Å². The van der Waals surface area contributed by atoms with E-state index in [1.54, 1.807) is 0 Å². The number of rotatable bonds is 2. The van der Waals surface area contributed by atoms with Crippen LogP contribution in [0.2, 0.25) is 0 Å². The number of piperidine rings is 1. The highest BCUT2D eigenvalue weighted by molar-refractivity contribution is 4.66. The first kappa shape index (κ1) is 12.0. The topological polar surface area (TPSA) is 9.23 Å². The van der Waals surface area contributed by atoms with Crippen LogP contribution in [0.25, 0.3) is 0 Å². The summed E-state index contributed by atoms with van der Waals surface area (Å²) in [6.07, 6.45) is 2.70. The molecule has 2 heteroatoms. The molecule has 0 radical (unpaired) electrons. The van der Waals surface area contributed by atoms with E-state index in [-0.39, 0.29) is 5.60 Å². The average molecular weight is 200 g/mol. The molecule has 1 aliphatic rings. The Morgan fingerprint density at radius 2 is 1.93 bits per heavy atom. The summed E-state index contributed by atoms with van der Waals surface area (Å²) < 4.78 is 7.02. The van der Waals surface area contributed by atoms with Crippen LogP contribution in [0.5, 0.6) is 0 Å². The second-order valence-electron chi connectivity index (χ2n) is 6.27. The third-order valence-electron chi connectivity index (χ3n) is 2.88. The van der Waals surface area contributed by atoms with Crippen molar-refractivity contribution in [2.24, 2.45) is 5.92 Å². The number of quaternary nitrogens is 1. The van der Waals surface area contributed by atoms with Crippen molar-refractivity contribution in [2.75, 3.05) is 33.8 Å². The minimum absolute atomic E-state index is 0.0224. The van der Waals surface area contributed by atoms with E-state index < -0.39 is 0 Å². The first-order valence-electron chi connectivity index (χ1n) is 5.74. The molecule has 1 rings (SSSR count). The first-order chi connectivity index (χ1) is 6.29. The Kier molecular flexibility index (Phi) is 3.59. The maximum atomic E-state index is 5.85. The van der Waals surface area contributed by atoms with E-state index in [1.165, 1.54) is 25.9 Å². The molecule has 0 aliphatic carbocycles. The van der Waals surface area contributed by atoms with E-state index in [9.17, 15) is 0 Å². The Bertz CT molecular complexity index is 181. The smallest absolute Gasteiger partial charge is 0.0833 e. The lowest BCUT2D eigenvalue weighted by Crippen LogP contribution is -2.48. The molecule has 1 unspecified atom stereocenters. The van der Waals surface area contributed by atoms with E-state index in [0.717, 1.165) is 17.0 Å². The van der Waals surface area contributed by atoms with Crippen LogP contribution in [0.15, 0.2) is 0 Å². The fraction of sp³-hybridized carbons (Fsp3) is 1.00. The molecule has 1 saturated heterocycles. The number of hydrogen-bond donors (Lipinski definition) is 0. The molecule has 0 saturated carbocycles. The van der Waals surface area contributed by atoms with Gasteiger partial charge < -0.3 is 9.22 Å². The van der Waals surface area contributed by atoms with Crippen LogP contribution in [0.4, 0.5) is 0 Å². The summed E-state index contributed by atoms with van der Waals surface area (Å²) in [5.74, 6) is 0.762. The highest BCUT2D eigenvalue weighted by atomic mass is 16.5. The Balaban J connectivity index is 2.32. The molecule has 0 aromatic heterocycles. The van der Waals surface area contributed by atoms with Crippen LogP contribution in [0.3, 0.4) is 0 Å². The standard InChI is InChI=1S/C12H26NO/c1-12(2,3)14-10-11-7-6-8-13(4,5)9-11/h11H,6-10H2,1-5H3/q+1. The SMILES string of the molecule is CC(C)(C)OCC1CCC[N+](C)(C)C1. The van der Waals surface area contributed by atoms with E-state index >= 15 is 0 Å². The lowest BCUT2D eigenvalue weighted by atomic mass is 9.97. The van der Waals surface area contributed by atoms with Crippen molar-refractivity contribution in [2.45, 2.75) is 39.2 Å². The minimum Gasteiger partial charge on any atom is -0.375 e. The van der Waals surface area contributed by atoms with Gasteiger partial charge in [-0.2, -0.15) is 0 Å². The molecular weight excluding hydrogens is 174 g/mol.